The second-order valence-corrected chi connectivity index (χ2v) is 19.6. The predicted octanol–water partition coefficient (Wildman–Crippen LogP) is 15.0. The molecule has 0 aliphatic heterocycles. The van der Waals surface area contributed by atoms with Crippen LogP contribution < -0.4 is 4.89 Å². The van der Waals surface area contributed by atoms with E-state index in [0.717, 1.165) is 77.0 Å². The van der Waals surface area contributed by atoms with E-state index >= 15 is 0 Å². The van der Waals surface area contributed by atoms with Crippen LogP contribution in [0.2, 0.25) is 0 Å². The van der Waals surface area contributed by atoms with Crippen LogP contribution in [-0.4, -0.2) is 70.7 Å². The van der Waals surface area contributed by atoms with Crippen LogP contribution in [0, 0.1) is 0 Å². The van der Waals surface area contributed by atoms with Crippen molar-refractivity contribution in [2.75, 3.05) is 54.1 Å². The van der Waals surface area contributed by atoms with Gasteiger partial charge in [0.15, 0.2) is 0 Å². The molecule has 0 aliphatic rings. The van der Waals surface area contributed by atoms with Gasteiger partial charge in [-0.25, -0.2) is 0 Å². The quantitative estimate of drug-likeness (QED) is 0.0197. The Labute approximate surface area is 383 Å². The van der Waals surface area contributed by atoms with Gasteiger partial charge in [-0.15, -0.1) is 0 Å². The molecule has 0 aromatic carbocycles. The number of phosphoric ester groups is 1. The average Bonchev–Trinajstić information content (AvgIpc) is 3.23. The Hall–Kier alpha value is -1.80. The summed E-state index contributed by atoms with van der Waals surface area (Å²) in [5.41, 5.74) is 0. The topological polar surface area (TPSA) is 94.1 Å². The van der Waals surface area contributed by atoms with Gasteiger partial charge in [-0.05, 0) is 57.8 Å². The van der Waals surface area contributed by atoms with Crippen molar-refractivity contribution < 1.29 is 37.3 Å². The lowest BCUT2D eigenvalue weighted by Gasteiger charge is -2.28. The molecule has 0 saturated carbocycles. The first-order valence-corrected chi connectivity index (χ1v) is 27.0. The largest absolute Gasteiger partial charge is 0.756 e. The van der Waals surface area contributed by atoms with Crippen LogP contribution in [0.4, 0.5) is 0 Å². The summed E-state index contributed by atoms with van der Waals surface area (Å²) in [6, 6.07) is 0. The van der Waals surface area contributed by atoms with E-state index in [1.165, 1.54) is 116 Å². The molecular formula is C53H98NO7P. The molecule has 0 radical (unpaired) electrons. The van der Waals surface area contributed by atoms with Gasteiger partial charge < -0.3 is 27.9 Å². The highest BCUT2D eigenvalue weighted by atomic mass is 31.2. The molecule has 2 atom stereocenters. The number of likely N-dealkylation sites (N-methyl/N-ethyl adjacent to an activating group) is 1. The summed E-state index contributed by atoms with van der Waals surface area (Å²) in [6.45, 7) is 5.28. The van der Waals surface area contributed by atoms with Gasteiger partial charge in [-0.2, -0.15) is 0 Å². The third-order valence-corrected chi connectivity index (χ3v) is 11.8. The van der Waals surface area contributed by atoms with E-state index in [9.17, 15) is 14.3 Å². The van der Waals surface area contributed by atoms with E-state index in [1.54, 1.807) is 0 Å². The van der Waals surface area contributed by atoms with Crippen molar-refractivity contribution in [2.24, 2.45) is 0 Å². The lowest BCUT2D eigenvalue weighted by molar-refractivity contribution is -0.870. The molecule has 0 heterocycles. The second-order valence-electron chi connectivity index (χ2n) is 18.2. The molecule has 8 nitrogen and oxygen atoms in total. The molecule has 0 bridgehead atoms. The Morgan fingerprint density at radius 2 is 0.935 bits per heavy atom. The summed E-state index contributed by atoms with van der Waals surface area (Å²) in [4.78, 5) is 25.2. The van der Waals surface area contributed by atoms with Gasteiger partial charge in [-0.3, -0.25) is 9.36 Å². The zero-order chi connectivity index (χ0) is 45.5. The third-order valence-electron chi connectivity index (χ3n) is 10.8. The van der Waals surface area contributed by atoms with E-state index in [2.05, 4.69) is 74.6 Å². The fourth-order valence-electron chi connectivity index (χ4n) is 6.93. The summed E-state index contributed by atoms with van der Waals surface area (Å²) in [5, 5.41) is 0. The maximum absolute atomic E-state index is 12.7. The monoisotopic (exact) mass is 892 g/mol. The van der Waals surface area contributed by atoms with Crippen LogP contribution in [0.5, 0.6) is 0 Å². The molecule has 9 heteroatoms. The molecule has 0 aromatic rings. The molecule has 0 aromatic heterocycles. The average molecular weight is 892 g/mol. The van der Waals surface area contributed by atoms with Crippen molar-refractivity contribution >= 4 is 13.8 Å². The minimum atomic E-state index is -4.54. The van der Waals surface area contributed by atoms with Gasteiger partial charge in [-0.1, -0.05) is 209 Å². The Morgan fingerprint density at radius 1 is 0.516 bits per heavy atom. The number of nitrogens with zero attached hydrogens (tertiary/aromatic N) is 1. The van der Waals surface area contributed by atoms with Crippen molar-refractivity contribution in [2.45, 2.75) is 219 Å². The molecule has 0 spiro atoms. The number of unbranched alkanes of at least 4 members (excludes halogenated alkanes) is 23. The first kappa shape index (κ1) is 60.2. The summed E-state index contributed by atoms with van der Waals surface area (Å²) >= 11 is 0. The SMILES string of the molecule is CC/C=C\C/C=C\C/C=C\C/C=C\C/C=C\CCCCCCCCOCC(COP(=O)([O-])OCC[N+](C)(C)C)OC(=O)CCCCCCCCCCCCCCCCCCCC. The number of esters is 1. The highest BCUT2D eigenvalue weighted by molar-refractivity contribution is 7.45. The lowest BCUT2D eigenvalue weighted by atomic mass is 10.0. The summed E-state index contributed by atoms with van der Waals surface area (Å²) in [6.07, 6.45) is 58.1. The zero-order valence-electron chi connectivity index (χ0n) is 41.1. The Bertz CT molecular complexity index is 1170. The molecule has 0 fully saturated rings. The van der Waals surface area contributed by atoms with Crippen molar-refractivity contribution in [3.05, 3.63) is 60.8 Å². The zero-order valence-corrected chi connectivity index (χ0v) is 42.0. The molecule has 2 unspecified atom stereocenters. The molecule has 0 N–H and O–H groups in total. The van der Waals surface area contributed by atoms with Crippen LogP contribution in [0.1, 0.15) is 213 Å². The maximum atomic E-state index is 12.7. The number of hydrogen-bond acceptors (Lipinski definition) is 7. The van der Waals surface area contributed by atoms with Crippen LogP contribution >= 0.6 is 7.82 Å². The number of phosphoric acid groups is 1. The number of carbonyl (C=O) groups is 1. The smallest absolute Gasteiger partial charge is 0.306 e. The van der Waals surface area contributed by atoms with Crippen molar-refractivity contribution in [1.29, 1.82) is 0 Å². The highest BCUT2D eigenvalue weighted by Crippen LogP contribution is 2.38. The van der Waals surface area contributed by atoms with E-state index in [-0.39, 0.29) is 25.8 Å². The number of allylic oxidation sites excluding steroid dienone is 10. The summed E-state index contributed by atoms with van der Waals surface area (Å²) in [5.74, 6) is -0.338. The van der Waals surface area contributed by atoms with Gasteiger partial charge in [0.2, 0.25) is 0 Å². The van der Waals surface area contributed by atoms with Crippen molar-refractivity contribution in [3.8, 4) is 0 Å². The molecule has 0 rings (SSSR count). The Balaban J connectivity index is 4.18. The maximum Gasteiger partial charge on any atom is 0.306 e. The first-order valence-electron chi connectivity index (χ1n) is 25.5. The molecule has 62 heavy (non-hydrogen) atoms. The van der Waals surface area contributed by atoms with Gasteiger partial charge in [0.1, 0.15) is 19.3 Å². The van der Waals surface area contributed by atoms with E-state index in [1.807, 2.05) is 21.1 Å². The third kappa shape index (κ3) is 49.2. The van der Waals surface area contributed by atoms with Gasteiger partial charge in [0, 0.05) is 13.0 Å². The number of carbonyl (C=O) groups excluding carboxylic acids is 1. The Kier molecular flexibility index (Phi) is 44.4. The molecular weight excluding hydrogens is 794 g/mol. The fraction of sp³-hybridized carbons (Fsp3) is 0.792. The molecule has 0 amide bonds. The van der Waals surface area contributed by atoms with Crippen LogP contribution in [0.25, 0.3) is 0 Å². The number of rotatable bonds is 47. The minimum Gasteiger partial charge on any atom is -0.756 e. The first-order chi connectivity index (χ1) is 30.1. The van der Waals surface area contributed by atoms with Crippen LogP contribution in [-0.2, 0) is 27.9 Å². The molecule has 362 valence electrons. The lowest BCUT2D eigenvalue weighted by Crippen LogP contribution is -2.37. The highest BCUT2D eigenvalue weighted by Gasteiger charge is 2.20. The van der Waals surface area contributed by atoms with Gasteiger partial charge in [0.05, 0.1) is 34.4 Å². The van der Waals surface area contributed by atoms with E-state index in [4.69, 9.17) is 18.5 Å². The minimum absolute atomic E-state index is 0.0218. The molecule has 0 aliphatic carbocycles. The fourth-order valence-corrected chi connectivity index (χ4v) is 7.66. The standard InChI is InChI=1S/C53H98NO7P/c1-6-8-10-12-14-16-18-20-22-24-26-27-28-29-31-33-35-37-39-41-43-45-48-58-50-52(51-60-62(56,57)59-49-47-54(3,4)5)61-53(55)46-44-42-40-38-36-34-32-30-25-23-21-19-17-15-13-11-9-7-2/h8,10,14,16,20,22,26-27,29,31,52H,6-7,9,11-13,15,17-19,21,23-25,28,30,32-51H2,1-5H3/b10-8-,16-14-,22-20-,27-26-,31-29-. The number of hydrogen-bond donors (Lipinski definition) is 0. The van der Waals surface area contributed by atoms with Gasteiger partial charge >= 0.3 is 5.97 Å². The van der Waals surface area contributed by atoms with E-state index < -0.39 is 13.9 Å². The van der Waals surface area contributed by atoms with Gasteiger partial charge in [0.25, 0.3) is 7.82 Å². The van der Waals surface area contributed by atoms with Crippen molar-refractivity contribution in [1.82, 2.24) is 0 Å². The second kappa shape index (κ2) is 45.8. The van der Waals surface area contributed by atoms with E-state index in [0.29, 0.717) is 24.1 Å². The summed E-state index contributed by atoms with van der Waals surface area (Å²) in [7, 11) is 1.35. The predicted molar refractivity (Wildman–Crippen MR) is 263 cm³/mol. The number of quaternary nitrogens is 1. The van der Waals surface area contributed by atoms with Crippen LogP contribution in [0.15, 0.2) is 60.8 Å². The number of ether oxygens (including phenoxy) is 2. The Morgan fingerprint density at radius 3 is 1.40 bits per heavy atom. The molecule has 0 saturated heterocycles. The van der Waals surface area contributed by atoms with Crippen molar-refractivity contribution in [3.63, 3.8) is 0 Å². The normalized spacial score (nSPS) is 14.1. The van der Waals surface area contributed by atoms with Crippen LogP contribution in [0.3, 0.4) is 0 Å². The summed E-state index contributed by atoms with van der Waals surface area (Å²) < 4.78 is 34.7.